The van der Waals surface area contributed by atoms with E-state index in [2.05, 4.69) is 30.9 Å². The van der Waals surface area contributed by atoms with Crippen molar-refractivity contribution in [2.24, 2.45) is 5.41 Å². The van der Waals surface area contributed by atoms with Gasteiger partial charge in [-0.3, -0.25) is 4.98 Å². The predicted octanol–water partition coefficient (Wildman–Crippen LogP) is 2.32. The van der Waals surface area contributed by atoms with E-state index in [1.165, 1.54) is 0 Å². The van der Waals surface area contributed by atoms with Gasteiger partial charge in [-0.05, 0) is 17.9 Å². The van der Waals surface area contributed by atoms with Crippen molar-refractivity contribution < 1.29 is 0 Å². The molecule has 0 aliphatic carbocycles. The Kier molecular flexibility index (Phi) is 2.02. The highest BCUT2D eigenvalue weighted by molar-refractivity contribution is 5.42. The Morgan fingerprint density at radius 3 is 2.86 bits per heavy atom. The highest BCUT2D eigenvalue weighted by atomic mass is 15.2. The summed E-state index contributed by atoms with van der Waals surface area (Å²) in [5, 5.41) is 4.19. The molecule has 74 valence electrons. The molecule has 0 spiro atoms. The number of rotatable bonds is 1. The smallest absolute Gasteiger partial charge is 0.0845 e. The van der Waals surface area contributed by atoms with Gasteiger partial charge in [0.25, 0.3) is 0 Å². The molecule has 0 saturated heterocycles. The molecule has 0 radical (unpaired) electrons. The van der Waals surface area contributed by atoms with Gasteiger partial charge in [0.1, 0.15) is 0 Å². The predicted molar refractivity (Wildman–Crippen MR) is 56.1 cm³/mol. The molecule has 14 heavy (non-hydrogen) atoms. The molecule has 0 aromatic carbocycles. The third-order valence-electron chi connectivity index (χ3n) is 2.05. The molecule has 0 aliphatic heterocycles. The maximum absolute atomic E-state index is 4.40. The van der Waals surface area contributed by atoms with Crippen molar-refractivity contribution in [3.63, 3.8) is 0 Å². The first-order chi connectivity index (χ1) is 6.54. The highest BCUT2D eigenvalue weighted by Gasteiger charge is 2.12. The molecular formula is C11H15N3. The van der Waals surface area contributed by atoms with E-state index in [4.69, 9.17) is 0 Å². The number of nitrogens with zero attached hydrogens (tertiary/aromatic N) is 3. The van der Waals surface area contributed by atoms with Crippen LogP contribution in [-0.4, -0.2) is 14.6 Å². The van der Waals surface area contributed by atoms with Gasteiger partial charge in [0, 0.05) is 0 Å². The van der Waals surface area contributed by atoms with Crippen LogP contribution < -0.4 is 0 Å². The summed E-state index contributed by atoms with van der Waals surface area (Å²) in [7, 11) is 0. The van der Waals surface area contributed by atoms with E-state index in [1.54, 1.807) is 6.20 Å². The lowest BCUT2D eigenvalue weighted by Gasteiger charge is -2.16. The van der Waals surface area contributed by atoms with Crippen LogP contribution in [0.2, 0.25) is 0 Å². The van der Waals surface area contributed by atoms with Gasteiger partial charge in [0.05, 0.1) is 29.8 Å². The van der Waals surface area contributed by atoms with Crippen LogP contribution in [0.5, 0.6) is 0 Å². The van der Waals surface area contributed by atoms with E-state index in [1.807, 2.05) is 23.0 Å². The molecule has 0 fully saturated rings. The summed E-state index contributed by atoms with van der Waals surface area (Å²) in [4.78, 5) is 4.40. The molecule has 0 amide bonds. The lowest BCUT2D eigenvalue weighted by molar-refractivity contribution is 0.405. The Bertz CT molecular complexity index is 437. The molecule has 3 heteroatoms. The minimum absolute atomic E-state index is 0.272. The number of hydrogen-bond donors (Lipinski definition) is 0. The topological polar surface area (TPSA) is 30.2 Å². The Balaban J connectivity index is 2.35. The van der Waals surface area contributed by atoms with Crippen molar-refractivity contribution in [2.45, 2.75) is 27.2 Å². The quantitative estimate of drug-likeness (QED) is 0.689. The maximum Gasteiger partial charge on any atom is 0.0845 e. The maximum atomic E-state index is 4.40. The minimum Gasteiger partial charge on any atom is -0.257 e. The third kappa shape index (κ3) is 1.92. The molecule has 0 N–H and O–H groups in total. The first-order valence-electron chi connectivity index (χ1n) is 4.83. The second-order valence-electron chi connectivity index (χ2n) is 4.82. The van der Waals surface area contributed by atoms with Crippen molar-refractivity contribution in [1.29, 1.82) is 0 Å². The van der Waals surface area contributed by atoms with Crippen molar-refractivity contribution in [1.82, 2.24) is 14.6 Å². The zero-order valence-electron chi connectivity index (χ0n) is 8.86. The van der Waals surface area contributed by atoms with Crippen LogP contribution in [-0.2, 0) is 6.42 Å². The van der Waals surface area contributed by atoms with Gasteiger partial charge < -0.3 is 0 Å². The van der Waals surface area contributed by atoms with Gasteiger partial charge in [-0.15, -0.1) is 0 Å². The molecule has 0 atom stereocenters. The summed E-state index contributed by atoms with van der Waals surface area (Å²) >= 11 is 0. The summed E-state index contributed by atoms with van der Waals surface area (Å²) in [5.41, 5.74) is 2.41. The van der Waals surface area contributed by atoms with Crippen molar-refractivity contribution in [3.8, 4) is 0 Å². The Morgan fingerprint density at radius 1 is 1.36 bits per heavy atom. The lowest BCUT2D eigenvalue weighted by atomic mass is 9.91. The number of fused-ring (bicyclic) bond motifs is 1. The van der Waals surface area contributed by atoms with Gasteiger partial charge in [-0.25, -0.2) is 4.52 Å². The largest absolute Gasteiger partial charge is 0.257 e. The van der Waals surface area contributed by atoms with E-state index in [9.17, 15) is 0 Å². The summed E-state index contributed by atoms with van der Waals surface area (Å²) in [6.07, 6.45) is 6.63. The second kappa shape index (κ2) is 3.08. The van der Waals surface area contributed by atoms with Gasteiger partial charge in [0.2, 0.25) is 0 Å². The normalized spacial score (nSPS) is 12.2. The van der Waals surface area contributed by atoms with E-state index in [0.717, 1.165) is 17.6 Å². The van der Waals surface area contributed by atoms with Crippen molar-refractivity contribution in [3.05, 3.63) is 30.4 Å². The fourth-order valence-corrected chi connectivity index (χ4v) is 1.49. The fourth-order valence-electron chi connectivity index (χ4n) is 1.49. The highest BCUT2D eigenvalue weighted by Crippen LogP contribution is 2.19. The molecule has 0 aliphatic rings. The molecule has 2 rings (SSSR count). The summed E-state index contributed by atoms with van der Waals surface area (Å²) in [6, 6.07) is 1.95. The Hall–Kier alpha value is -1.38. The lowest BCUT2D eigenvalue weighted by Crippen LogP contribution is -2.11. The fraction of sp³-hybridized carbons (Fsp3) is 0.455. The number of aromatic nitrogens is 3. The average Bonchev–Trinajstić information content (AvgIpc) is 2.47. The molecular weight excluding hydrogens is 174 g/mol. The third-order valence-corrected chi connectivity index (χ3v) is 2.05. The van der Waals surface area contributed by atoms with E-state index < -0.39 is 0 Å². The Labute approximate surface area is 83.8 Å². The van der Waals surface area contributed by atoms with Gasteiger partial charge >= 0.3 is 0 Å². The van der Waals surface area contributed by atoms with Crippen LogP contribution in [0.15, 0.2) is 24.7 Å². The summed E-state index contributed by atoms with van der Waals surface area (Å²) in [6.45, 7) is 6.63. The van der Waals surface area contributed by atoms with Crippen LogP contribution in [0.3, 0.4) is 0 Å². The van der Waals surface area contributed by atoms with Crippen LogP contribution in [0.25, 0.3) is 5.52 Å². The minimum atomic E-state index is 0.272. The standard InChI is InChI=1S/C11H15N3/c1-11(2,3)6-9-8-14-10(7-12-9)4-5-13-14/h4-5,7-8H,6H2,1-3H3. The monoisotopic (exact) mass is 189 g/mol. The Morgan fingerprint density at radius 2 is 2.14 bits per heavy atom. The van der Waals surface area contributed by atoms with Crippen LogP contribution in [0.1, 0.15) is 26.5 Å². The first-order valence-corrected chi connectivity index (χ1v) is 4.83. The van der Waals surface area contributed by atoms with Gasteiger partial charge in [-0.1, -0.05) is 20.8 Å². The zero-order valence-corrected chi connectivity index (χ0v) is 8.86. The second-order valence-corrected chi connectivity index (χ2v) is 4.82. The van der Waals surface area contributed by atoms with Gasteiger partial charge in [0.15, 0.2) is 0 Å². The summed E-state index contributed by atoms with van der Waals surface area (Å²) < 4.78 is 1.87. The average molecular weight is 189 g/mol. The number of hydrogen-bond acceptors (Lipinski definition) is 2. The zero-order chi connectivity index (χ0) is 10.2. The molecule has 2 aromatic heterocycles. The van der Waals surface area contributed by atoms with Crippen LogP contribution in [0.4, 0.5) is 0 Å². The SMILES string of the molecule is CC(C)(C)Cc1cn2nccc2cn1. The van der Waals surface area contributed by atoms with Crippen molar-refractivity contribution >= 4 is 5.52 Å². The first kappa shape index (κ1) is 9.19. The van der Waals surface area contributed by atoms with Crippen molar-refractivity contribution in [2.75, 3.05) is 0 Å². The molecule has 0 saturated carbocycles. The van der Waals surface area contributed by atoms with E-state index in [0.29, 0.717) is 0 Å². The van der Waals surface area contributed by atoms with Gasteiger partial charge in [-0.2, -0.15) is 5.10 Å². The molecule has 2 aromatic rings. The molecule has 2 heterocycles. The summed E-state index contributed by atoms with van der Waals surface area (Å²) in [5.74, 6) is 0. The molecule has 0 unspecified atom stereocenters. The van der Waals surface area contributed by atoms with E-state index in [-0.39, 0.29) is 5.41 Å². The molecule has 3 nitrogen and oxygen atoms in total. The van der Waals surface area contributed by atoms with E-state index >= 15 is 0 Å². The van der Waals surface area contributed by atoms with Crippen LogP contribution in [0, 0.1) is 5.41 Å². The molecule has 0 bridgehead atoms. The van der Waals surface area contributed by atoms with Crippen LogP contribution >= 0.6 is 0 Å².